The van der Waals surface area contributed by atoms with Gasteiger partial charge in [0.25, 0.3) is 0 Å². The van der Waals surface area contributed by atoms with Gasteiger partial charge in [-0.15, -0.1) is 0 Å². The summed E-state index contributed by atoms with van der Waals surface area (Å²) in [6, 6.07) is 0.660. The van der Waals surface area contributed by atoms with E-state index in [2.05, 4.69) is 199 Å². The summed E-state index contributed by atoms with van der Waals surface area (Å²) >= 11 is 21.0. The fourth-order valence-corrected chi connectivity index (χ4v) is 8.09. The summed E-state index contributed by atoms with van der Waals surface area (Å²) in [6.07, 6.45) is 19.1. The zero-order valence-corrected chi connectivity index (χ0v) is 80.6. The number of aliphatic hydroxyl groups excluding tert-OH is 1. The van der Waals surface area contributed by atoms with Gasteiger partial charge in [-0.1, -0.05) is 106 Å². The molecule has 5 rings (SSSR count). The van der Waals surface area contributed by atoms with Gasteiger partial charge in [0.15, 0.2) is 0 Å². The Bertz CT molecular complexity index is 1410. The molecule has 0 heterocycles. The first-order valence-corrected chi connectivity index (χ1v) is 49.4. The average Bonchev–Trinajstić information content (AvgIpc) is 4.17. The molecule has 5 radical (unpaired) electrons. The maximum atomic E-state index is 11.0. The topological polar surface area (TPSA) is 301 Å². The number of aliphatic carboxylic acids is 2. The number of aliphatic imine (C=N–C) groups is 1. The molecule has 2 amide bonds. The largest absolute Gasteiger partial charge is 0 e. The molecule has 5 aliphatic rings. The quantitative estimate of drug-likeness (QED) is 0.0238. The molecule has 5 aliphatic carbocycles. The number of nitrogens with one attached hydrogen (secondary N) is 4. The van der Waals surface area contributed by atoms with Crippen LogP contribution >= 0.6 is 190 Å². The Morgan fingerprint density at radius 1 is 0.600 bits per heavy atom. The monoisotopic (exact) mass is 2520 g/mol. The van der Waals surface area contributed by atoms with Crippen LogP contribution in [0.15, 0.2) is 4.99 Å². The Morgan fingerprint density at radius 2 is 0.800 bits per heavy atom. The third-order valence-electron chi connectivity index (χ3n) is 11.2. The number of nitrogens with two attached hydrogens (primary N) is 1. The van der Waals surface area contributed by atoms with E-state index in [4.69, 9.17) is 30.6 Å². The van der Waals surface area contributed by atoms with Gasteiger partial charge in [-0.3, -0.25) is 28.9 Å². The molecule has 0 aliphatic heterocycles. The van der Waals surface area contributed by atoms with Gasteiger partial charge >= 0.3 is 126 Å². The smallest absolute Gasteiger partial charge is 0 e. The van der Waals surface area contributed by atoms with E-state index in [0.717, 1.165) is 77.0 Å². The molecule has 0 aromatic rings. The van der Waals surface area contributed by atoms with Crippen LogP contribution in [0, 0.1) is 64.2 Å². The second-order valence-corrected chi connectivity index (χ2v) is 73.3. The number of Topliss-reactive ketones (excluding diaryl/α,β-unsaturated/α-hetero) is 3. The maximum absolute atomic E-state index is 11.0. The van der Waals surface area contributed by atoms with Crippen molar-refractivity contribution in [2.75, 3.05) is 21.1 Å². The van der Waals surface area contributed by atoms with Crippen molar-refractivity contribution in [2.24, 2.45) is 40.3 Å². The van der Waals surface area contributed by atoms with Gasteiger partial charge in [0.05, 0.1) is 11.8 Å². The van der Waals surface area contributed by atoms with E-state index >= 15 is 0 Å². The molecule has 10 atom stereocenters. The van der Waals surface area contributed by atoms with Crippen LogP contribution < -0.4 is 27.0 Å². The van der Waals surface area contributed by atoms with Crippen LogP contribution in [-0.2, 0) is 193 Å². The van der Waals surface area contributed by atoms with Gasteiger partial charge in [0.2, 0.25) is 6.08 Å². The number of carbonyl (C=O) groups excluding carboxylic acids is 6. The minimum atomic E-state index is -0.824. The SMILES string of the molecule is CC(=O)[C@H]1CCC[C@H]1N.CC(=O)[C@H]1CCC[C@H]1N[C-]=O.CN=C=O.CN[C@@H]1CCC[C@@H]1C(=O)O.CN[C@@H]1CCC[C@@H]1C(C)=O.IC(I)I.O=[C-]N[C@@H]1CCC[C@@H]1C(=O)O.O=[C-]O.[CH2-]I.[CH3-].[CH3-].[CH3-].[CH3-].[I][V]([I])[I].[I][V][I].[V].[V].[Y].[Y].[Y]. The number of halogens is 9. The summed E-state index contributed by atoms with van der Waals surface area (Å²) < 4.78 is 0.743. The number of carbonyl (C=O) groups is 5. The number of rotatable bonds is 11. The molecule has 0 unspecified atom stereocenters. The number of carboxylic acids is 2. The van der Waals surface area contributed by atoms with Crippen molar-refractivity contribution < 1.29 is 208 Å². The fourth-order valence-electron chi connectivity index (χ4n) is 8.09. The van der Waals surface area contributed by atoms with E-state index in [1.165, 1.54) is 32.4 Å². The second-order valence-electron chi connectivity index (χ2n) is 15.3. The average molecular weight is 2520 g/mol. The minimum absolute atomic E-state index is 0. The summed E-state index contributed by atoms with van der Waals surface area (Å²) in [5.74, 6) is -0.743. The Balaban J connectivity index is -0.0000000457. The second kappa shape index (κ2) is 91.0. The molecule has 0 aromatic heterocycles. The maximum Gasteiger partial charge on any atom is 0 e. The van der Waals surface area contributed by atoms with E-state index < -0.39 is 17.9 Å². The van der Waals surface area contributed by atoms with E-state index in [1.54, 1.807) is 27.2 Å². The first kappa shape index (κ1) is 125. The number of ketones is 3. The summed E-state index contributed by atoms with van der Waals surface area (Å²) in [7, 11) is 5.77. The molecular weight excluding hydrogens is 2440 g/mol. The van der Waals surface area contributed by atoms with E-state index in [1.807, 2.05) is 36.7 Å². The van der Waals surface area contributed by atoms with E-state index in [0.29, 0.717) is 40.1 Å². The number of isocyanates is 1. The molecule has 468 valence electrons. The van der Waals surface area contributed by atoms with E-state index in [9.17, 15) is 33.6 Å². The van der Waals surface area contributed by atoms with Crippen LogP contribution in [0.3, 0.4) is 0 Å². The standard InChI is InChI=1S/C8H12NO2.C8H15NO.C7H10NO3.C7H13NO2.C7H13NO.C2H3NO.CHI3.CH2I.CHO2.4CH3.5HI.4V.3Y/c1-6(11)7-3-2-4-8(7)9-5-10;1-6(10)7-4-3-5-8(7)9-2;9-4-8-6-3-1-2-5(6)7(10)11;1-8-6-4-2-3-5(6)7(9)10;1-5(9)6-3-2-4-7(6)8;1-3-2-4;2-1(3)4;1-2;2-1-3;;;;;;;;;;;;;;;;/h7-8H,2-4H2,1H3,(H,9,10);7-9H,3-5H2,1-2H3;5-6H,1-3H2,(H,8,9)(H,10,11);5-6,8H,2-4H2,1H3,(H,9,10);6-7H,2-4,8H2,1H3;1H3;1H;1H2;(H,2,3);4*1H3;5*1H;;;;;;;/q-1;;-1;;;;;6*-1;;;;;;;;+2;+3;;;/p-5/t2*7-,8-;2*5-,6+;6-,7-;;;;;;;;;;;;;;;;;;;;/m11001..................../s1. The predicted octanol–water partition coefficient (Wildman–Crippen LogP) is 12.0. The zero-order chi connectivity index (χ0) is 56.5. The molecule has 9 N–H and O–H groups in total. The molecule has 0 saturated heterocycles. The van der Waals surface area contributed by atoms with Crippen LogP contribution in [0.4, 0.5) is 0 Å². The van der Waals surface area contributed by atoms with Crippen molar-refractivity contribution in [3.63, 3.8) is 0 Å². The van der Waals surface area contributed by atoms with Gasteiger partial charge in [0.1, 0.15) is 17.3 Å². The molecule has 80 heavy (non-hydrogen) atoms. The number of hydrogen-bond donors (Lipinski definition) is 8. The van der Waals surface area contributed by atoms with Gasteiger partial charge in [0, 0.05) is 190 Å². The zero-order valence-electron chi connectivity index (χ0n) is 47.1. The van der Waals surface area contributed by atoms with Crippen molar-refractivity contribution in [1.82, 2.24) is 21.3 Å². The Hall–Kier alpha value is 7.84. The first-order valence-electron chi connectivity index (χ1n) is 21.6. The number of hydrogen-bond acceptors (Lipinski definition) is 13. The molecule has 34 heteroatoms. The van der Waals surface area contributed by atoms with Crippen LogP contribution in [0.1, 0.15) is 117 Å². The van der Waals surface area contributed by atoms with Crippen LogP contribution in [0.2, 0.25) is 0 Å². The molecule has 5 fully saturated rings. The molecule has 0 bridgehead atoms. The fraction of sp³-hybridized carbons (Fsp3) is 0.696. The van der Waals surface area contributed by atoms with Gasteiger partial charge in [-0.2, -0.15) is 12.8 Å². The summed E-state index contributed by atoms with van der Waals surface area (Å²) in [4.78, 5) is 96.6. The Labute approximate surface area is 703 Å². The number of amides is 2. The minimum Gasteiger partial charge on any atom is 0 e. The number of alkyl halides is 3. The third kappa shape index (κ3) is 78.3. The molecule has 5 saturated carbocycles. The summed E-state index contributed by atoms with van der Waals surface area (Å²) in [5.41, 5.74) is 5.66. The van der Waals surface area contributed by atoms with Crippen LogP contribution in [0.5, 0.6) is 0 Å². The van der Waals surface area contributed by atoms with Crippen molar-refractivity contribution in [2.45, 2.75) is 147 Å². The van der Waals surface area contributed by atoms with Crippen LogP contribution in [-0.4, -0.2) is 121 Å². The van der Waals surface area contributed by atoms with Crippen molar-refractivity contribution in [1.29, 1.82) is 0 Å². The van der Waals surface area contributed by atoms with Crippen LogP contribution in [0.25, 0.3) is 0 Å². The number of nitrogens with zero attached hydrogens (tertiary/aromatic N) is 1. The van der Waals surface area contributed by atoms with Gasteiger partial charge < -0.3 is 109 Å². The summed E-state index contributed by atoms with van der Waals surface area (Å²) in [5, 5.41) is 35.2. The van der Waals surface area contributed by atoms with Crippen molar-refractivity contribution in [3.8, 4) is 0 Å². The predicted molar refractivity (Wildman–Crippen MR) is 376 cm³/mol. The number of carboxylic acid groups (broad SMARTS) is 2. The van der Waals surface area contributed by atoms with Crippen molar-refractivity contribution >= 4 is 245 Å². The van der Waals surface area contributed by atoms with Crippen molar-refractivity contribution in [3.05, 3.63) is 34.6 Å². The molecule has 0 spiro atoms. The normalized spacial score (nSPS) is 21.8. The van der Waals surface area contributed by atoms with E-state index in [-0.39, 0.29) is 223 Å². The van der Waals surface area contributed by atoms with Gasteiger partial charge in [-0.25, -0.2) is 9.79 Å². The summed E-state index contributed by atoms with van der Waals surface area (Å²) in [6.45, 7) is 5.41. The molecule has 18 nitrogen and oxygen atoms in total. The van der Waals surface area contributed by atoms with Gasteiger partial charge in [-0.05, 0) is 99.1 Å². The molecular formula is C46H82I9N6O12V4Y3-8. The third-order valence-corrected chi connectivity index (χ3v) is 11.2. The Morgan fingerprint density at radius 3 is 0.975 bits per heavy atom. The Kier molecular flexibility index (Phi) is 142. The first-order chi connectivity index (χ1) is 33.4. The molecule has 0 aromatic carbocycles.